The lowest BCUT2D eigenvalue weighted by Gasteiger charge is -2.30. The monoisotopic (exact) mass is 253 g/mol. The van der Waals surface area contributed by atoms with Crippen LogP contribution in [0.3, 0.4) is 0 Å². The molecule has 2 unspecified atom stereocenters. The average Bonchev–Trinajstić information content (AvgIpc) is 2.82. The summed E-state index contributed by atoms with van der Waals surface area (Å²) in [5.74, 6) is 0.949. The number of rotatable bonds is 1. The van der Waals surface area contributed by atoms with Crippen molar-refractivity contribution in [1.29, 1.82) is 0 Å². The summed E-state index contributed by atoms with van der Waals surface area (Å²) in [4.78, 5) is 9.04. The number of allylic oxidation sites excluding steroid dienone is 2. The van der Waals surface area contributed by atoms with Crippen LogP contribution in [0.5, 0.6) is 0 Å². The Bertz CT molecular complexity index is 561. The van der Waals surface area contributed by atoms with Gasteiger partial charge in [0.05, 0.1) is 12.1 Å². The fourth-order valence-corrected chi connectivity index (χ4v) is 2.64. The summed E-state index contributed by atoms with van der Waals surface area (Å²) >= 11 is 0. The van der Waals surface area contributed by atoms with E-state index >= 15 is 0 Å². The number of aromatic nitrogens is 1. The van der Waals surface area contributed by atoms with E-state index in [1.807, 2.05) is 18.3 Å². The normalized spacial score (nSPS) is 25.4. The first-order valence-corrected chi connectivity index (χ1v) is 6.69. The van der Waals surface area contributed by atoms with Gasteiger partial charge in [0.2, 0.25) is 0 Å². The van der Waals surface area contributed by atoms with Crippen LogP contribution in [0.1, 0.15) is 26.3 Å². The Balaban J connectivity index is 1.95. The van der Waals surface area contributed by atoms with Gasteiger partial charge in [-0.15, -0.1) is 0 Å². The third kappa shape index (κ3) is 2.21. The van der Waals surface area contributed by atoms with Crippen LogP contribution < -0.4 is 5.32 Å². The summed E-state index contributed by atoms with van der Waals surface area (Å²) < 4.78 is 0. The second-order valence-electron chi connectivity index (χ2n) is 6.09. The summed E-state index contributed by atoms with van der Waals surface area (Å²) in [5, 5.41) is 3.49. The lowest BCUT2D eigenvalue weighted by molar-refractivity contribution is 0.448. The molecular formula is C16H19N3. The van der Waals surface area contributed by atoms with Crippen LogP contribution in [-0.4, -0.2) is 22.9 Å². The van der Waals surface area contributed by atoms with Crippen LogP contribution in [0.15, 0.2) is 53.3 Å². The minimum absolute atomic E-state index is 0.142. The SMILES string of the molecule is CC(C)(C)C1=CC=CC2NC(c3cccnc3)=NC12. The van der Waals surface area contributed by atoms with Gasteiger partial charge in [-0.05, 0) is 23.1 Å². The molecule has 0 amide bonds. The molecule has 98 valence electrons. The summed E-state index contributed by atoms with van der Waals surface area (Å²) in [6.45, 7) is 6.73. The quantitative estimate of drug-likeness (QED) is 0.835. The van der Waals surface area contributed by atoms with Gasteiger partial charge < -0.3 is 5.32 Å². The molecule has 0 radical (unpaired) electrons. The van der Waals surface area contributed by atoms with E-state index in [9.17, 15) is 0 Å². The molecule has 0 spiro atoms. The Hall–Kier alpha value is -1.90. The predicted molar refractivity (Wildman–Crippen MR) is 78.2 cm³/mol. The van der Waals surface area contributed by atoms with Gasteiger partial charge in [-0.3, -0.25) is 9.98 Å². The Morgan fingerprint density at radius 2 is 2.11 bits per heavy atom. The van der Waals surface area contributed by atoms with Crippen LogP contribution in [0.25, 0.3) is 0 Å². The molecule has 1 aliphatic carbocycles. The molecule has 1 aliphatic heterocycles. The highest BCUT2D eigenvalue weighted by molar-refractivity contribution is 6.00. The zero-order chi connectivity index (χ0) is 13.5. The fourth-order valence-electron chi connectivity index (χ4n) is 2.64. The highest BCUT2D eigenvalue weighted by Crippen LogP contribution is 2.35. The molecule has 1 N–H and O–H groups in total. The van der Waals surface area contributed by atoms with E-state index in [0.717, 1.165) is 11.4 Å². The van der Waals surface area contributed by atoms with Crippen molar-refractivity contribution in [1.82, 2.24) is 10.3 Å². The lowest BCUT2D eigenvalue weighted by atomic mass is 9.78. The zero-order valence-electron chi connectivity index (χ0n) is 11.6. The van der Waals surface area contributed by atoms with E-state index < -0.39 is 0 Å². The maximum atomic E-state index is 4.87. The van der Waals surface area contributed by atoms with Crippen molar-refractivity contribution in [2.24, 2.45) is 10.4 Å². The van der Waals surface area contributed by atoms with Gasteiger partial charge in [0, 0.05) is 18.0 Å². The highest BCUT2D eigenvalue weighted by atomic mass is 15.1. The molecule has 0 saturated carbocycles. The van der Waals surface area contributed by atoms with Gasteiger partial charge >= 0.3 is 0 Å². The number of nitrogens with zero attached hydrogens (tertiary/aromatic N) is 2. The molecular weight excluding hydrogens is 234 g/mol. The molecule has 3 nitrogen and oxygen atoms in total. The Morgan fingerprint density at radius 1 is 1.26 bits per heavy atom. The maximum Gasteiger partial charge on any atom is 0.131 e. The van der Waals surface area contributed by atoms with Crippen LogP contribution in [-0.2, 0) is 0 Å². The summed E-state index contributed by atoms with van der Waals surface area (Å²) in [5.41, 5.74) is 2.58. The Labute approximate surface area is 114 Å². The van der Waals surface area contributed by atoms with Crippen molar-refractivity contribution >= 4 is 5.84 Å². The second kappa shape index (κ2) is 4.34. The molecule has 2 aliphatic rings. The van der Waals surface area contributed by atoms with Crippen LogP contribution in [0.2, 0.25) is 0 Å². The lowest BCUT2D eigenvalue weighted by Crippen LogP contribution is -2.37. The third-order valence-electron chi connectivity index (χ3n) is 3.63. The first-order chi connectivity index (χ1) is 9.05. The maximum absolute atomic E-state index is 4.87. The Morgan fingerprint density at radius 3 is 2.79 bits per heavy atom. The summed E-state index contributed by atoms with van der Waals surface area (Å²) in [6, 6.07) is 4.47. The standard InChI is InChI=1S/C16H19N3/c1-16(2,3)12-7-4-8-13-14(12)19-15(18-13)11-6-5-9-17-10-11/h4-10,13-14H,1-3H3,(H,18,19). The second-order valence-corrected chi connectivity index (χ2v) is 6.09. The van der Waals surface area contributed by atoms with E-state index in [1.54, 1.807) is 6.20 Å². The average molecular weight is 253 g/mol. The predicted octanol–water partition coefficient (Wildman–Crippen LogP) is 2.71. The van der Waals surface area contributed by atoms with Gasteiger partial charge in [-0.2, -0.15) is 0 Å². The van der Waals surface area contributed by atoms with Gasteiger partial charge in [-0.1, -0.05) is 39.0 Å². The molecule has 1 aromatic rings. The topological polar surface area (TPSA) is 37.3 Å². The number of hydrogen-bond acceptors (Lipinski definition) is 3. The first kappa shape index (κ1) is 12.2. The van der Waals surface area contributed by atoms with Crippen molar-refractivity contribution in [3.05, 3.63) is 53.9 Å². The summed E-state index contributed by atoms with van der Waals surface area (Å²) in [7, 11) is 0. The fraction of sp³-hybridized carbons (Fsp3) is 0.375. The Kier molecular flexibility index (Phi) is 2.77. The first-order valence-electron chi connectivity index (χ1n) is 6.69. The number of aliphatic imine (C=N–C) groups is 1. The molecule has 3 rings (SSSR count). The van der Waals surface area contributed by atoms with E-state index in [0.29, 0.717) is 0 Å². The molecule has 0 aromatic carbocycles. The van der Waals surface area contributed by atoms with Gasteiger partial charge in [0.1, 0.15) is 5.84 Å². The van der Waals surface area contributed by atoms with Gasteiger partial charge in [0.25, 0.3) is 0 Å². The van der Waals surface area contributed by atoms with E-state index in [-0.39, 0.29) is 17.5 Å². The van der Waals surface area contributed by atoms with Crippen LogP contribution in [0, 0.1) is 5.41 Å². The number of hydrogen-bond donors (Lipinski definition) is 1. The number of fused-ring (bicyclic) bond motifs is 1. The number of pyridine rings is 1. The zero-order valence-corrected chi connectivity index (χ0v) is 11.6. The minimum Gasteiger partial charge on any atom is -0.361 e. The third-order valence-corrected chi connectivity index (χ3v) is 3.63. The highest BCUT2D eigenvalue weighted by Gasteiger charge is 2.36. The van der Waals surface area contributed by atoms with Crippen LogP contribution in [0.4, 0.5) is 0 Å². The molecule has 1 aromatic heterocycles. The van der Waals surface area contributed by atoms with Gasteiger partial charge in [0.15, 0.2) is 0 Å². The van der Waals surface area contributed by atoms with Gasteiger partial charge in [-0.25, -0.2) is 0 Å². The van der Waals surface area contributed by atoms with Crippen molar-refractivity contribution in [2.75, 3.05) is 0 Å². The van der Waals surface area contributed by atoms with Crippen molar-refractivity contribution in [3.63, 3.8) is 0 Å². The molecule has 19 heavy (non-hydrogen) atoms. The minimum atomic E-state index is 0.142. The number of nitrogens with one attached hydrogen (secondary N) is 1. The van der Waals surface area contributed by atoms with Crippen molar-refractivity contribution in [2.45, 2.75) is 32.9 Å². The van der Waals surface area contributed by atoms with Crippen molar-refractivity contribution in [3.8, 4) is 0 Å². The molecule has 0 bridgehead atoms. The molecule has 2 heterocycles. The number of amidine groups is 1. The van der Waals surface area contributed by atoms with E-state index in [4.69, 9.17) is 4.99 Å². The largest absolute Gasteiger partial charge is 0.361 e. The van der Waals surface area contributed by atoms with E-state index in [2.05, 4.69) is 49.3 Å². The molecule has 0 fully saturated rings. The van der Waals surface area contributed by atoms with E-state index in [1.165, 1.54) is 5.57 Å². The molecule has 0 saturated heterocycles. The van der Waals surface area contributed by atoms with Crippen molar-refractivity contribution < 1.29 is 0 Å². The molecule has 3 heteroatoms. The van der Waals surface area contributed by atoms with Crippen LogP contribution >= 0.6 is 0 Å². The molecule has 2 atom stereocenters. The smallest absolute Gasteiger partial charge is 0.131 e. The summed E-state index contributed by atoms with van der Waals surface area (Å²) in [6.07, 6.45) is 10.2.